The number of fused-ring (bicyclic) bond motifs is 1. The van der Waals surface area contributed by atoms with E-state index in [1.54, 1.807) is 6.07 Å². The monoisotopic (exact) mass is 266 g/mol. The first kappa shape index (κ1) is 12.9. The molecule has 0 aromatic heterocycles. The van der Waals surface area contributed by atoms with Crippen molar-refractivity contribution in [3.63, 3.8) is 0 Å². The average Bonchev–Trinajstić information content (AvgIpc) is 2.88. The second-order valence-corrected chi connectivity index (χ2v) is 5.32. The Bertz CT molecular complexity index is 611. The van der Waals surface area contributed by atoms with Crippen molar-refractivity contribution < 1.29 is 4.79 Å². The molecule has 1 aliphatic carbocycles. The fourth-order valence-corrected chi connectivity index (χ4v) is 2.80. The van der Waals surface area contributed by atoms with Crippen molar-refractivity contribution >= 4 is 5.91 Å². The van der Waals surface area contributed by atoms with Gasteiger partial charge in [-0.2, -0.15) is 0 Å². The quantitative estimate of drug-likeness (QED) is 0.889. The normalized spacial score (nSPS) is 14.2. The number of carbonyl (C=O) groups excluding carboxylic acids is 1. The number of hydrogen-bond acceptors (Lipinski definition) is 2. The van der Waals surface area contributed by atoms with Crippen molar-refractivity contribution in [2.45, 2.75) is 25.4 Å². The predicted octanol–water partition coefficient (Wildman–Crippen LogP) is 2.04. The molecule has 0 unspecified atom stereocenters. The van der Waals surface area contributed by atoms with E-state index < -0.39 is 0 Å². The average molecular weight is 266 g/mol. The molecular formula is C17H18N2O. The lowest BCUT2D eigenvalue weighted by atomic mass is 10.1. The number of primary amides is 1. The van der Waals surface area contributed by atoms with Crippen LogP contribution in [0.4, 0.5) is 0 Å². The van der Waals surface area contributed by atoms with Gasteiger partial charge in [0.1, 0.15) is 0 Å². The molecule has 2 aromatic carbocycles. The molecule has 0 radical (unpaired) electrons. The highest BCUT2D eigenvalue weighted by Crippen LogP contribution is 2.21. The Labute approximate surface area is 118 Å². The van der Waals surface area contributed by atoms with E-state index in [9.17, 15) is 4.79 Å². The van der Waals surface area contributed by atoms with Gasteiger partial charge in [-0.1, -0.05) is 36.4 Å². The zero-order valence-electron chi connectivity index (χ0n) is 11.3. The molecule has 3 N–H and O–H groups in total. The van der Waals surface area contributed by atoms with Crippen LogP contribution in [0.15, 0.2) is 48.5 Å². The molecule has 0 atom stereocenters. The SMILES string of the molecule is NC(=O)c1cccc(CNC2Cc3ccccc3C2)c1. The number of rotatable bonds is 4. The van der Waals surface area contributed by atoms with Crippen LogP contribution in [0.5, 0.6) is 0 Å². The molecule has 1 amide bonds. The van der Waals surface area contributed by atoms with Crippen LogP contribution in [-0.2, 0) is 19.4 Å². The maximum Gasteiger partial charge on any atom is 0.248 e. The van der Waals surface area contributed by atoms with Gasteiger partial charge in [-0.25, -0.2) is 0 Å². The minimum absolute atomic E-state index is 0.375. The van der Waals surface area contributed by atoms with E-state index in [1.807, 2.05) is 18.2 Å². The third-order valence-electron chi connectivity index (χ3n) is 3.86. The summed E-state index contributed by atoms with van der Waals surface area (Å²) in [6, 6.07) is 16.6. The third kappa shape index (κ3) is 2.73. The maximum absolute atomic E-state index is 11.2. The van der Waals surface area contributed by atoms with Gasteiger partial charge in [0.05, 0.1) is 0 Å². The van der Waals surface area contributed by atoms with Gasteiger partial charge < -0.3 is 11.1 Å². The van der Waals surface area contributed by atoms with Gasteiger partial charge in [-0.05, 0) is 41.7 Å². The summed E-state index contributed by atoms with van der Waals surface area (Å²) in [5, 5.41) is 3.56. The van der Waals surface area contributed by atoms with E-state index in [1.165, 1.54) is 11.1 Å². The largest absolute Gasteiger partial charge is 0.366 e. The highest BCUT2D eigenvalue weighted by atomic mass is 16.1. The van der Waals surface area contributed by atoms with Gasteiger partial charge in [-0.3, -0.25) is 4.79 Å². The van der Waals surface area contributed by atoms with Crippen LogP contribution in [0.2, 0.25) is 0 Å². The van der Waals surface area contributed by atoms with Crippen molar-refractivity contribution in [3.05, 3.63) is 70.8 Å². The molecule has 0 aliphatic heterocycles. The molecule has 3 heteroatoms. The van der Waals surface area contributed by atoms with Crippen LogP contribution in [0, 0.1) is 0 Å². The van der Waals surface area contributed by atoms with Crippen LogP contribution in [0.1, 0.15) is 27.0 Å². The first-order valence-electron chi connectivity index (χ1n) is 6.91. The highest BCUT2D eigenvalue weighted by Gasteiger charge is 2.20. The summed E-state index contributed by atoms with van der Waals surface area (Å²) in [7, 11) is 0. The Kier molecular flexibility index (Phi) is 3.52. The lowest BCUT2D eigenvalue weighted by molar-refractivity contribution is 0.1000. The van der Waals surface area contributed by atoms with E-state index in [2.05, 4.69) is 29.6 Å². The maximum atomic E-state index is 11.2. The molecule has 20 heavy (non-hydrogen) atoms. The first-order chi connectivity index (χ1) is 9.72. The molecule has 0 bridgehead atoms. The topological polar surface area (TPSA) is 55.1 Å². The molecule has 2 aromatic rings. The van der Waals surface area contributed by atoms with Gasteiger partial charge in [0.2, 0.25) is 5.91 Å². The Balaban J connectivity index is 1.61. The fourth-order valence-electron chi connectivity index (χ4n) is 2.80. The second-order valence-electron chi connectivity index (χ2n) is 5.32. The zero-order valence-corrected chi connectivity index (χ0v) is 11.3. The van der Waals surface area contributed by atoms with Gasteiger partial charge in [-0.15, -0.1) is 0 Å². The van der Waals surface area contributed by atoms with Crippen LogP contribution >= 0.6 is 0 Å². The standard InChI is InChI=1S/C17H18N2O/c18-17(20)15-7-3-4-12(8-15)11-19-16-9-13-5-1-2-6-14(13)10-16/h1-8,16,19H,9-11H2,(H2,18,20). The van der Waals surface area contributed by atoms with Gasteiger partial charge in [0.15, 0.2) is 0 Å². The molecule has 3 nitrogen and oxygen atoms in total. The van der Waals surface area contributed by atoms with Crippen LogP contribution < -0.4 is 11.1 Å². The second kappa shape index (κ2) is 5.47. The smallest absolute Gasteiger partial charge is 0.248 e. The van der Waals surface area contributed by atoms with E-state index in [4.69, 9.17) is 5.73 Å². The Hall–Kier alpha value is -2.13. The molecule has 0 spiro atoms. The minimum Gasteiger partial charge on any atom is -0.366 e. The van der Waals surface area contributed by atoms with E-state index in [0.717, 1.165) is 24.9 Å². The summed E-state index contributed by atoms with van der Waals surface area (Å²) in [6.45, 7) is 0.764. The van der Waals surface area contributed by atoms with Crippen molar-refractivity contribution in [2.75, 3.05) is 0 Å². The predicted molar refractivity (Wildman–Crippen MR) is 79.4 cm³/mol. The highest BCUT2D eigenvalue weighted by molar-refractivity contribution is 5.92. The molecule has 0 heterocycles. The van der Waals surface area contributed by atoms with E-state index in [-0.39, 0.29) is 5.91 Å². The summed E-state index contributed by atoms with van der Waals surface area (Å²) < 4.78 is 0. The van der Waals surface area contributed by atoms with Crippen molar-refractivity contribution in [2.24, 2.45) is 5.73 Å². The Morgan fingerprint density at radius 1 is 1.10 bits per heavy atom. The number of hydrogen-bond donors (Lipinski definition) is 2. The fraction of sp³-hybridized carbons (Fsp3) is 0.235. The van der Waals surface area contributed by atoms with Gasteiger partial charge >= 0.3 is 0 Å². The summed E-state index contributed by atoms with van der Waals surface area (Å²) in [6.07, 6.45) is 2.15. The van der Waals surface area contributed by atoms with Crippen molar-refractivity contribution in [1.29, 1.82) is 0 Å². The lowest BCUT2D eigenvalue weighted by Gasteiger charge is -2.12. The van der Waals surface area contributed by atoms with E-state index >= 15 is 0 Å². The molecule has 1 aliphatic rings. The Morgan fingerprint density at radius 2 is 1.80 bits per heavy atom. The number of nitrogens with two attached hydrogens (primary N) is 1. The number of amides is 1. The van der Waals surface area contributed by atoms with Gasteiger partial charge in [0.25, 0.3) is 0 Å². The molecular weight excluding hydrogens is 248 g/mol. The number of carbonyl (C=O) groups is 1. The summed E-state index contributed by atoms with van der Waals surface area (Å²) in [5.74, 6) is -0.375. The number of nitrogens with one attached hydrogen (secondary N) is 1. The van der Waals surface area contributed by atoms with E-state index in [0.29, 0.717) is 11.6 Å². The lowest BCUT2D eigenvalue weighted by Crippen LogP contribution is -2.29. The third-order valence-corrected chi connectivity index (χ3v) is 3.86. The molecule has 102 valence electrons. The molecule has 0 saturated heterocycles. The summed E-state index contributed by atoms with van der Waals surface area (Å²) in [4.78, 5) is 11.2. The van der Waals surface area contributed by atoms with Crippen LogP contribution in [0.25, 0.3) is 0 Å². The minimum atomic E-state index is -0.375. The van der Waals surface area contributed by atoms with Gasteiger partial charge in [0, 0.05) is 18.2 Å². The summed E-state index contributed by atoms with van der Waals surface area (Å²) >= 11 is 0. The molecule has 0 fully saturated rings. The van der Waals surface area contributed by atoms with Crippen LogP contribution in [0.3, 0.4) is 0 Å². The van der Waals surface area contributed by atoms with Crippen molar-refractivity contribution in [3.8, 4) is 0 Å². The zero-order chi connectivity index (χ0) is 13.9. The Morgan fingerprint density at radius 3 is 2.45 bits per heavy atom. The van der Waals surface area contributed by atoms with Crippen molar-refractivity contribution in [1.82, 2.24) is 5.32 Å². The molecule has 3 rings (SSSR count). The molecule has 0 saturated carbocycles. The number of benzene rings is 2. The summed E-state index contributed by atoms with van der Waals surface area (Å²) in [5.41, 5.74) is 9.84. The first-order valence-corrected chi connectivity index (χ1v) is 6.91. The van der Waals surface area contributed by atoms with Crippen LogP contribution in [-0.4, -0.2) is 11.9 Å².